The average Bonchev–Trinajstić information content (AvgIpc) is 2.93. The van der Waals surface area contributed by atoms with Gasteiger partial charge in [-0.15, -0.1) is 0 Å². The molecule has 5 rings (SSSR count). The van der Waals surface area contributed by atoms with Gasteiger partial charge in [-0.1, -0.05) is 41.4 Å². The molecule has 0 saturated carbocycles. The number of para-hydroxylation sites is 1. The van der Waals surface area contributed by atoms with Gasteiger partial charge < -0.3 is 25.2 Å². The van der Waals surface area contributed by atoms with E-state index in [0.717, 1.165) is 48.7 Å². The number of ether oxygens (including phenoxy) is 1. The lowest BCUT2D eigenvalue weighted by atomic mass is 10.1. The first-order valence-corrected chi connectivity index (χ1v) is 13.7. The van der Waals surface area contributed by atoms with Gasteiger partial charge in [-0.3, -0.25) is 4.79 Å². The average molecular weight is 578 g/mol. The van der Waals surface area contributed by atoms with Crippen LogP contribution >= 0.6 is 23.2 Å². The van der Waals surface area contributed by atoms with Crippen molar-refractivity contribution >= 4 is 52.1 Å². The number of nitrogens with one attached hydrogen (secondary N) is 2. The predicted molar refractivity (Wildman–Crippen MR) is 162 cm³/mol. The number of hydrogen-bond acceptors (Lipinski definition) is 7. The third-order valence-electron chi connectivity index (χ3n) is 6.81. The molecule has 10 heteroatoms. The van der Waals surface area contributed by atoms with Crippen molar-refractivity contribution < 1.29 is 9.53 Å². The number of aryl methyl sites for hydroxylation is 2. The molecule has 1 aliphatic rings. The zero-order chi connectivity index (χ0) is 28.2. The van der Waals surface area contributed by atoms with Crippen LogP contribution in [0.3, 0.4) is 0 Å². The summed E-state index contributed by atoms with van der Waals surface area (Å²) in [7, 11) is 2.14. The van der Waals surface area contributed by atoms with E-state index in [1.807, 2.05) is 44.2 Å². The Morgan fingerprint density at radius 2 is 1.65 bits per heavy atom. The van der Waals surface area contributed by atoms with Gasteiger partial charge in [-0.05, 0) is 74.5 Å². The minimum Gasteiger partial charge on any atom is -0.436 e. The standard InChI is InChI=1S/C30H30Cl2N6O2/c1-19-5-4-6-20(2)27(19)35-28(39)24-18-33-30(36-29(24)40-26-12-7-21(31)17-25(26)32)34-22-8-10-23(11-9-22)38-15-13-37(3)14-16-38/h4-12,17-18H,13-16H2,1-3H3,(H,35,39)(H,33,34,36). The van der Waals surface area contributed by atoms with Gasteiger partial charge in [0.05, 0.1) is 5.02 Å². The number of benzene rings is 3. The summed E-state index contributed by atoms with van der Waals surface area (Å²) in [6.45, 7) is 7.94. The Hall–Kier alpha value is -3.85. The highest BCUT2D eigenvalue weighted by Crippen LogP contribution is 2.33. The fourth-order valence-corrected chi connectivity index (χ4v) is 4.91. The number of amides is 1. The first kappa shape index (κ1) is 27.7. The summed E-state index contributed by atoms with van der Waals surface area (Å²) in [5, 5.41) is 6.94. The topological polar surface area (TPSA) is 82.6 Å². The summed E-state index contributed by atoms with van der Waals surface area (Å²) >= 11 is 12.4. The smallest absolute Gasteiger partial charge is 0.262 e. The summed E-state index contributed by atoms with van der Waals surface area (Å²) in [5.74, 6) is 0.240. The maximum Gasteiger partial charge on any atom is 0.262 e. The predicted octanol–water partition coefficient (Wildman–Crippen LogP) is 6.94. The molecular weight excluding hydrogens is 547 g/mol. The van der Waals surface area contributed by atoms with Gasteiger partial charge >= 0.3 is 0 Å². The molecule has 3 aromatic carbocycles. The highest BCUT2D eigenvalue weighted by atomic mass is 35.5. The second kappa shape index (κ2) is 12.1. The molecule has 1 saturated heterocycles. The fraction of sp³-hybridized carbons (Fsp3) is 0.233. The van der Waals surface area contributed by atoms with Gasteiger partial charge in [0.15, 0.2) is 0 Å². The number of halogens is 2. The number of rotatable bonds is 7. The molecule has 0 bridgehead atoms. The van der Waals surface area contributed by atoms with Crippen LogP contribution < -0.4 is 20.3 Å². The molecule has 2 heterocycles. The molecule has 0 unspecified atom stereocenters. The van der Waals surface area contributed by atoms with Crippen molar-refractivity contribution in [2.75, 3.05) is 48.8 Å². The van der Waals surface area contributed by atoms with Gasteiger partial charge in [0, 0.05) is 54.5 Å². The van der Waals surface area contributed by atoms with Crippen LogP contribution in [0.4, 0.5) is 23.0 Å². The molecule has 1 fully saturated rings. The maximum atomic E-state index is 13.4. The Morgan fingerprint density at radius 1 is 0.950 bits per heavy atom. The molecular formula is C30H30Cl2N6O2. The van der Waals surface area contributed by atoms with E-state index in [9.17, 15) is 4.79 Å². The lowest BCUT2D eigenvalue weighted by Crippen LogP contribution is -2.44. The van der Waals surface area contributed by atoms with Crippen molar-refractivity contribution in [3.63, 3.8) is 0 Å². The summed E-state index contributed by atoms with van der Waals surface area (Å²) in [4.78, 5) is 27.0. The number of hydrogen-bond donors (Lipinski definition) is 2. The van der Waals surface area contributed by atoms with Crippen LogP contribution in [0, 0.1) is 13.8 Å². The number of piperazine rings is 1. The zero-order valence-corrected chi connectivity index (χ0v) is 24.1. The molecule has 8 nitrogen and oxygen atoms in total. The van der Waals surface area contributed by atoms with Gasteiger partial charge in [0.25, 0.3) is 5.91 Å². The quantitative estimate of drug-likeness (QED) is 0.246. The Labute approximate surface area is 243 Å². The number of carbonyl (C=O) groups excluding carboxylic acids is 1. The van der Waals surface area contributed by atoms with Crippen LogP contribution in [0.1, 0.15) is 21.5 Å². The van der Waals surface area contributed by atoms with Crippen LogP contribution in [-0.4, -0.2) is 54.0 Å². The summed E-state index contributed by atoms with van der Waals surface area (Å²) in [6, 6.07) is 18.8. The molecule has 206 valence electrons. The third-order valence-corrected chi connectivity index (χ3v) is 7.34. The van der Waals surface area contributed by atoms with Crippen LogP contribution in [0.5, 0.6) is 11.6 Å². The number of anilines is 4. The van der Waals surface area contributed by atoms with E-state index in [4.69, 9.17) is 27.9 Å². The summed E-state index contributed by atoms with van der Waals surface area (Å²) < 4.78 is 6.05. The minimum absolute atomic E-state index is 0.0551. The van der Waals surface area contributed by atoms with Gasteiger partial charge in [-0.2, -0.15) is 4.98 Å². The Bertz CT molecular complexity index is 1500. The Kier molecular flexibility index (Phi) is 8.40. The number of aromatic nitrogens is 2. The normalized spacial score (nSPS) is 13.7. The molecule has 0 radical (unpaired) electrons. The van der Waals surface area contributed by atoms with Crippen molar-refractivity contribution in [2.24, 2.45) is 0 Å². The summed E-state index contributed by atoms with van der Waals surface area (Å²) in [6.07, 6.45) is 1.44. The monoisotopic (exact) mass is 576 g/mol. The number of carbonyl (C=O) groups is 1. The Morgan fingerprint density at radius 3 is 2.33 bits per heavy atom. The SMILES string of the molecule is Cc1cccc(C)c1NC(=O)c1cnc(Nc2ccc(N3CCN(C)CC3)cc2)nc1Oc1ccc(Cl)cc1Cl. The molecule has 0 atom stereocenters. The van der Waals surface area contributed by atoms with Gasteiger partial charge in [-0.25, -0.2) is 4.98 Å². The van der Waals surface area contributed by atoms with Crippen molar-refractivity contribution in [1.82, 2.24) is 14.9 Å². The lowest BCUT2D eigenvalue weighted by Gasteiger charge is -2.34. The zero-order valence-electron chi connectivity index (χ0n) is 22.5. The van der Waals surface area contributed by atoms with Crippen molar-refractivity contribution in [2.45, 2.75) is 13.8 Å². The summed E-state index contributed by atoms with van der Waals surface area (Å²) in [5.41, 5.74) is 4.74. The van der Waals surface area contributed by atoms with E-state index in [-0.39, 0.29) is 17.4 Å². The molecule has 2 N–H and O–H groups in total. The van der Waals surface area contributed by atoms with E-state index >= 15 is 0 Å². The molecule has 1 aromatic heterocycles. The van der Waals surface area contributed by atoms with Crippen molar-refractivity contribution in [1.29, 1.82) is 0 Å². The second-order valence-electron chi connectivity index (χ2n) is 9.77. The Balaban J connectivity index is 1.41. The van der Waals surface area contributed by atoms with Crippen LogP contribution in [0.25, 0.3) is 0 Å². The molecule has 40 heavy (non-hydrogen) atoms. The minimum atomic E-state index is -0.402. The third kappa shape index (κ3) is 6.47. The van der Waals surface area contributed by atoms with Crippen LogP contribution in [-0.2, 0) is 0 Å². The number of nitrogens with zero attached hydrogens (tertiary/aromatic N) is 4. The molecule has 4 aromatic rings. The van der Waals surface area contributed by atoms with E-state index in [0.29, 0.717) is 15.8 Å². The molecule has 1 amide bonds. The fourth-order valence-electron chi connectivity index (χ4n) is 4.46. The van der Waals surface area contributed by atoms with E-state index in [1.165, 1.54) is 11.9 Å². The van der Waals surface area contributed by atoms with E-state index in [1.54, 1.807) is 18.2 Å². The largest absolute Gasteiger partial charge is 0.436 e. The highest BCUT2D eigenvalue weighted by Gasteiger charge is 2.20. The van der Waals surface area contributed by atoms with Crippen molar-refractivity contribution in [3.05, 3.63) is 93.6 Å². The number of likely N-dealkylation sites (N-methyl/N-ethyl adjacent to an activating group) is 1. The van der Waals surface area contributed by atoms with Crippen molar-refractivity contribution in [3.8, 4) is 11.6 Å². The van der Waals surface area contributed by atoms with Gasteiger partial charge in [0.1, 0.15) is 11.3 Å². The van der Waals surface area contributed by atoms with E-state index < -0.39 is 5.91 Å². The maximum absolute atomic E-state index is 13.4. The lowest BCUT2D eigenvalue weighted by molar-refractivity contribution is 0.102. The second-order valence-corrected chi connectivity index (χ2v) is 10.6. The van der Waals surface area contributed by atoms with Gasteiger partial charge in [0.2, 0.25) is 11.8 Å². The van der Waals surface area contributed by atoms with E-state index in [2.05, 4.69) is 49.6 Å². The highest BCUT2D eigenvalue weighted by molar-refractivity contribution is 6.35. The van der Waals surface area contributed by atoms with Crippen LogP contribution in [0.2, 0.25) is 10.0 Å². The first-order valence-electron chi connectivity index (χ1n) is 12.9. The molecule has 0 aliphatic carbocycles. The molecule has 1 aliphatic heterocycles. The van der Waals surface area contributed by atoms with Crippen LogP contribution in [0.15, 0.2) is 66.9 Å². The first-order chi connectivity index (χ1) is 19.3. The molecule has 0 spiro atoms.